The summed E-state index contributed by atoms with van der Waals surface area (Å²) < 4.78 is 4.96. The van der Waals surface area contributed by atoms with E-state index in [0.29, 0.717) is 19.7 Å². The zero-order valence-electron chi connectivity index (χ0n) is 10.8. The molecule has 0 bridgehead atoms. The van der Waals surface area contributed by atoms with Gasteiger partial charge in [0.15, 0.2) is 0 Å². The lowest BCUT2D eigenvalue weighted by Crippen LogP contribution is -2.37. The smallest absolute Gasteiger partial charge is 0.231 e. The third-order valence-corrected chi connectivity index (χ3v) is 2.74. The lowest BCUT2D eigenvalue weighted by molar-refractivity contribution is -0.131. The maximum atomic E-state index is 12.2. The highest BCUT2D eigenvalue weighted by Crippen LogP contribution is 2.16. The molecule has 0 spiro atoms. The standard InChI is InChI=1S/C13H20N2O2.ClH/c1-15(8-9-17-2)13(16)12(10-14)11-6-4-3-5-7-11;/h3-7,12H,8-10,14H2,1-2H3;1H. The van der Waals surface area contributed by atoms with Gasteiger partial charge in [-0.25, -0.2) is 0 Å². The van der Waals surface area contributed by atoms with Gasteiger partial charge in [-0.2, -0.15) is 0 Å². The molecule has 2 N–H and O–H groups in total. The van der Waals surface area contributed by atoms with E-state index in [1.54, 1.807) is 19.1 Å². The van der Waals surface area contributed by atoms with Gasteiger partial charge in [-0.1, -0.05) is 30.3 Å². The Balaban J connectivity index is 0.00000289. The van der Waals surface area contributed by atoms with Crippen molar-refractivity contribution in [1.29, 1.82) is 0 Å². The first-order valence-corrected chi connectivity index (χ1v) is 5.69. The van der Waals surface area contributed by atoms with Crippen molar-refractivity contribution in [2.24, 2.45) is 5.73 Å². The Bertz CT molecular complexity index is 346. The molecule has 0 saturated heterocycles. The maximum absolute atomic E-state index is 12.2. The molecule has 0 aliphatic heterocycles. The van der Waals surface area contributed by atoms with Crippen molar-refractivity contribution >= 4 is 18.3 Å². The molecule has 1 atom stereocenters. The van der Waals surface area contributed by atoms with E-state index < -0.39 is 0 Å². The fraction of sp³-hybridized carbons (Fsp3) is 0.462. The van der Waals surface area contributed by atoms with Crippen molar-refractivity contribution in [3.63, 3.8) is 0 Å². The number of carbonyl (C=O) groups excluding carboxylic acids is 1. The topological polar surface area (TPSA) is 55.6 Å². The molecule has 18 heavy (non-hydrogen) atoms. The number of halogens is 1. The quantitative estimate of drug-likeness (QED) is 0.848. The van der Waals surface area contributed by atoms with Gasteiger partial charge in [0.2, 0.25) is 5.91 Å². The summed E-state index contributed by atoms with van der Waals surface area (Å²) in [5.41, 5.74) is 6.66. The van der Waals surface area contributed by atoms with Crippen molar-refractivity contribution in [3.05, 3.63) is 35.9 Å². The number of nitrogens with zero attached hydrogens (tertiary/aromatic N) is 1. The molecule has 0 aliphatic rings. The van der Waals surface area contributed by atoms with Gasteiger partial charge in [-0.3, -0.25) is 4.79 Å². The Hall–Kier alpha value is -1.10. The third kappa shape index (κ3) is 4.64. The first-order valence-electron chi connectivity index (χ1n) is 5.69. The number of rotatable bonds is 6. The molecule has 0 aromatic heterocycles. The second kappa shape index (κ2) is 8.91. The van der Waals surface area contributed by atoms with Crippen molar-refractivity contribution in [1.82, 2.24) is 4.90 Å². The van der Waals surface area contributed by atoms with E-state index >= 15 is 0 Å². The highest BCUT2D eigenvalue weighted by Gasteiger charge is 2.21. The molecule has 0 fully saturated rings. The average molecular weight is 273 g/mol. The van der Waals surface area contributed by atoms with Gasteiger partial charge >= 0.3 is 0 Å². The maximum Gasteiger partial charge on any atom is 0.231 e. The Morgan fingerprint density at radius 3 is 2.50 bits per heavy atom. The lowest BCUT2D eigenvalue weighted by atomic mass is 9.98. The summed E-state index contributed by atoms with van der Waals surface area (Å²) in [4.78, 5) is 13.8. The number of hydrogen-bond donors (Lipinski definition) is 1. The van der Waals surface area contributed by atoms with Crippen LogP contribution < -0.4 is 5.73 Å². The molecule has 1 rings (SSSR count). The molecule has 1 unspecified atom stereocenters. The van der Waals surface area contributed by atoms with Crippen LogP contribution in [-0.4, -0.2) is 44.7 Å². The van der Waals surface area contributed by atoms with E-state index in [-0.39, 0.29) is 24.2 Å². The van der Waals surface area contributed by atoms with Gasteiger partial charge < -0.3 is 15.4 Å². The van der Waals surface area contributed by atoms with Gasteiger partial charge in [0.05, 0.1) is 12.5 Å². The van der Waals surface area contributed by atoms with Crippen LogP contribution in [0.2, 0.25) is 0 Å². The molecular formula is C13H21ClN2O2. The number of carbonyl (C=O) groups is 1. The fourth-order valence-electron chi connectivity index (χ4n) is 1.67. The van der Waals surface area contributed by atoms with Gasteiger partial charge in [0.25, 0.3) is 0 Å². The first-order chi connectivity index (χ1) is 8.20. The Morgan fingerprint density at radius 1 is 1.39 bits per heavy atom. The summed E-state index contributed by atoms with van der Waals surface area (Å²) in [6, 6.07) is 9.62. The average Bonchev–Trinajstić information content (AvgIpc) is 2.38. The normalized spacial score (nSPS) is 11.5. The molecular weight excluding hydrogens is 252 g/mol. The van der Waals surface area contributed by atoms with Gasteiger partial charge in [0, 0.05) is 27.2 Å². The van der Waals surface area contributed by atoms with Crippen LogP contribution in [0.4, 0.5) is 0 Å². The first kappa shape index (κ1) is 16.9. The molecule has 0 radical (unpaired) electrons. The number of likely N-dealkylation sites (N-methyl/N-ethyl adjacent to an activating group) is 1. The van der Waals surface area contributed by atoms with E-state index in [1.165, 1.54) is 0 Å². The van der Waals surface area contributed by atoms with Gasteiger partial charge in [-0.15, -0.1) is 12.4 Å². The molecule has 0 saturated carbocycles. The summed E-state index contributed by atoms with van der Waals surface area (Å²) in [7, 11) is 3.39. The molecule has 0 heterocycles. The lowest BCUT2D eigenvalue weighted by Gasteiger charge is -2.22. The minimum Gasteiger partial charge on any atom is -0.383 e. The van der Waals surface area contributed by atoms with E-state index in [1.807, 2.05) is 30.3 Å². The van der Waals surface area contributed by atoms with Crippen molar-refractivity contribution in [3.8, 4) is 0 Å². The highest BCUT2D eigenvalue weighted by molar-refractivity contribution is 5.85. The summed E-state index contributed by atoms with van der Waals surface area (Å²) in [6.45, 7) is 1.44. The van der Waals surface area contributed by atoms with Crippen LogP contribution in [-0.2, 0) is 9.53 Å². The largest absolute Gasteiger partial charge is 0.383 e. The van der Waals surface area contributed by atoms with Gasteiger partial charge in [-0.05, 0) is 5.56 Å². The van der Waals surface area contributed by atoms with Crippen molar-refractivity contribution in [2.75, 3.05) is 33.9 Å². The molecule has 1 amide bonds. The fourth-order valence-corrected chi connectivity index (χ4v) is 1.67. The van der Waals surface area contributed by atoms with Gasteiger partial charge in [0.1, 0.15) is 0 Å². The Morgan fingerprint density at radius 2 is 2.00 bits per heavy atom. The van der Waals surface area contributed by atoms with Crippen molar-refractivity contribution < 1.29 is 9.53 Å². The molecule has 1 aromatic rings. The molecule has 1 aromatic carbocycles. The molecule has 5 heteroatoms. The molecule has 0 aliphatic carbocycles. The molecule has 102 valence electrons. The number of methoxy groups -OCH3 is 1. The number of nitrogens with two attached hydrogens (primary N) is 1. The van der Waals surface area contributed by atoms with Crippen LogP contribution in [0, 0.1) is 0 Å². The predicted octanol–water partition coefficient (Wildman–Crippen LogP) is 1.26. The van der Waals surface area contributed by atoms with Crippen LogP contribution in [0.1, 0.15) is 11.5 Å². The number of hydrogen-bond acceptors (Lipinski definition) is 3. The minimum absolute atomic E-state index is 0. The minimum atomic E-state index is -0.266. The zero-order chi connectivity index (χ0) is 12.7. The van der Waals surface area contributed by atoms with E-state index in [0.717, 1.165) is 5.56 Å². The van der Waals surface area contributed by atoms with Crippen LogP contribution in [0.25, 0.3) is 0 Å². The number of benzene rings is 1. The monoisotopic (exact) mass is 272 g/mol. The van der Waals surface area contributed by atoms with Crippen LogP contribution in [0.3, 0.4) is 0 Å². The second-order valence-electron chi connectivity index (χ2n) is 3.95. The number of ether oxygens (including phenoxy) is 1. The molecule has 4 nitrogen and oxygen atoms in total. The summed E-state index contributed by atoms with van der Waals surface area (Å²) in [5.74, 6) is -0.228. The highest BCUT2D eigenvalue weighted by atomic mass is 35.5. The van der Waals surface area contributed by atoms with Crippen LogP contribution >= 0.6 is 12.4 Å². The second-order valence-corrected chi connectivity index (χ2v) is 3.95. The van der Waals surface area contributed by atoms with Crippen molar-refractivity contribution in [2.45, 2.75) is 5.92 Å². The van der Waals surface area contributed by atoms with Crippen LogP contribution in [0.5, 0.6) is 0 Å². The predicted molar refractivity (Wildman–Crippen MR) is 75.0 cm³/mol. The van der Waals surface area contributed by atoms with E-state index in [4.69, 9.17) is 10.5 Å². The van der Waals surface area contributed by atoms with E-state index in [9.17, 15) is 4.79 Å². The Kier molecular flexibility index (Phi) is 8.37. The third-order valence-electron chi connectivity index (χ3n) is 2.74. The van der Waals surface area contributed by atoms with Crippen LogP contribution in [0.15, 0.2) is 30.3 Å². The summed E-state index contributed by atoms with van der Waals surface area (Å²) in [5, 5.41) is 0. The Labute approximate surface area is 115 Å². The zero-order valence-corrected chi connectivity index (χ0v) is 11.7. The summed E-state index contributed by atoms with van der Waals surface area (Å²) in [6.07, 6.45) is 0. The SMILES string of the molecule is COCCN(C)C(=O)C(CN)c1ccccc1.Cl. The van der Waals surface area contributed by atoms with E-state index in [2.05, 4.69) is 0 Å². The number of amides is 1. The summed E-state index contributed by atoms with van der Waals surface area (Å²) >= 11 is 0.